The number of nitrogens with two attached hydrogens (primary N) is 1. The number of aromatic amines is 1. The van der Waals surface area contributed by atoms with Gasteiger partial charge in [0.2, 0.25) is 5.91 Å². The Morgan fingerprint density at radius 1 is 1.07 bits per heavy atom. The van der Waals surface area contributed by atoms with E-state index in [0.29, 0.717) is 78.3 Å². The summed E-state index contributed by atoms with van der Waals surface area (Å²) in [6.45, 7) is 2.94. The number of carbonyl (C=O) groups excluding carboxylic acids is 2. The van der Waals surface area contributed by atoms with Crippen LogP contribution in [0.4, 0.5) is 16.3 Å². The number of hydrogen-bond donors (Lipinski definition) is 3. The van der Waals surface area contributed by atoms with Crippen LogP contribution in [0.15, 0.2) is 62.7 Å². The van der Waals surface area contributed by atoms with Gasteiger partial charge < -0.3 is 35.5 Å². The Morgan fingerprint density at radius 2 is 1.76 bits per heavy atom. The molecule has 0 spiro atoms. The minimum Gasteiger partial charge on any atom is -0.491 e. The number of likely N-dealkylation sites (tertiary alicyclic amines) is 1. The second-order valence-electron chi connectivity index (χ2n) is 11.4. The van der Waals surface area contributed by atoms with Crippen molar-refractivity contribution < 1.29 is 14.3 Å². The molecule has 0 unspecified atom stereocenters. The molecule has 15 heteroatoms. The maximum atomic E-state index is 14.0. The number of imidazole rings is 1. The number of nitrogens with zero attached hydrogens (tertiary/aromatic N) is 6. The number of ether oxygens (including phenoxy) is 1. The molecule has 1 atom stereocenters. The molecule has 46 heavy (non-hydrogen) atoms. The summed E-state index contributed by atoms with van der Waals surface area (Å²) >= 11 is 7.00. The second kappa shape index (κ2) is 13.7. The normalized spacial score (nSPS) is 16.5. The van der Waals surface area contributed by atoms with Gasteiger partial charge in [-0.3, -0.25) is 9.36 Å². The van der Waals surface area contributed by atoms with Crippen molar-refractivity contribution >= 4 is 66.3 Å². The summed E-state index contributed by atoms with van der Waals surface area (Å²) in [6, 6.07) is 10.2. The van der Waals surface area contributed by atoms with Crippen LogP contribution >= 0.6 is 31.9 Å². The number of nitrogen functional groups attached to an aromatic ring is 1. The van der Waals surface area contributed by atoms with Gasteiger partial charge in [-0.2, -0.15) is 0 Å². The maximum Gasteiger partial charge on any atom is 0.326 e. The average molecular weight is 757 g/mol. The van der Waals surface area contributed by atoms with Crippen LogP contribution in [0.3, 0.4) is 0 Å². The Bertz CT molecular complexity index is 1770. The van der Waals surface area contributed by atoms with E-state index in [1.54, 1.807) is 27.7 Å². The highest BCUT2D eigenvalue weighted by Crippen LogP contribution is 2.31. The van der Waals surface area contributed by atoms with Crippen LogP contribution in [0.5, 0.6) is 5.75 Å². The van der Waals surface area contributed by atoms with Crippen LogP contribution < -0.4 is 26.4 Å². The molecule has 2 aliphatic heterocycles. The number of halogens is 2. The average Bonchev–Trinajstić information content (AvgIpc) is 3.42. The van der Waals surface area contributed by atoms with E-state index in [4.69, 9.17) is 10.5 Å². The number of methoxy groups -OCH3 is 1. The fourth-order valence-electron chi connectivity index (χ4n) is 6.25. The van der Waals surface area contributed by atoms with E-state index in [-0.39, 0.29) is 30.1 Å². The topological polar surface area (TPSA) is 155 Å². The Hall–Kier alpha value is -4.11. The number of para-hydroxylation sites is 2. The lowest BCUT2D eigenvalue weighted by Gasteiger charge is -2.38. The first-order valence-electron chi connectivity index (χ1n) is 15.1. The van der Waals surface area contributed by atoms with E-state index in [2.05, 4.69) is 57.0 Å². The first kappa shape index (κ1) is 31.9. The lowest BCUT2D eigenvalue weighted by Crippen LogP contribution is -2.57. The molecule has 0 radical (unpaired) electrons. The van der Waals surface area contributed by atoms with Gasteiger partial charge in [-0.05, 0) is 74.5 Å². The SMILES string of the molecule is COc1cncnc1N1CCN(C(=O)[C@@H](Cc2cc(Br)c(N)c(Br)c2)NC(=O)N2CCC(n3c(=O)[nH]c4ccccc43)CC2)CC1. The predicted octanol–water partition coefficient (Wildman–Crippen LogP) is 3.54. The van der Waals surface area contributed by atoms with Gasteiger partial charge in [-0.1, -0.05) is 12.1 Å². The first-order chi connectivity index (χ1) is 22.2. The van der Waals surface area contributed by atoms with Crippen molar-refractivity contribution in [3.8, 4) is 5.75 Å². The third-order valence-corrected chi connectivity index (χ3v) is 10.00. The molecule has 2 fully saturated rings. The van der Waals surface area contributed by atoms with Gasteiger partial charge in [-0.15, -0.1) is 0 Å². The van der Waals surface area contributed by atoms with E-state index in [1.165, 1.54) is 6.33 Å². The van der Waals surface area contributed by atoms with E-state index in [1.807, 2.05) is 36.4 Å². The van der Waals surface area contributed by atoms with Crippen LogP contribution in [0.2, 0.25) is 0 Å². The zero-order valence-electron chi connectivity index (χ0n) is 25.3. The van der Waals surface area contributed by atoms with Crippen molar-refractivity contribution in [3.05, 3.63) is 73.9 Å². The molecule has 2 saturated heterocycles. The van der Waals surface area contributed by atoms with Crippen LogP contribution in [0.25, 0.3) is 11.0 Å². The number of nitrogens with one attached hydrogen (secondary N) is 2. The number of amides is 3. The summed E-state index contributed by atoms with van der Waals surface area (Å²) in [7, 11) is 1.58. The predicted molar refractivity (Wildman–Crippen MR) is 182 cm³/mol. The van der Waals surface area contributed by atoms with E-state index >= 15 is 0 Å². The fraction of sp³-hybridized carbons (Fsp3) is 0.387. The smallest absolute Gasteiger partial charge is 0.326 e. The molecule has 0 saturated carbocycles. The number of aromatic nitrogens is 4. The van der Waals surface area contributed by atoms with Crippen LogP contribution in [0.1, 0.15) is 24.4 Å². The first-order valence-corrected chi connectivity index (χ1v) is 16.7. The number of rotatable bonds is 7. The molecular formula is C31H35Br2N9O4. The molecule has 4 aromatic rings. The molecule has 2 aromatic heterocycles. The minimum absolute atomic E-state index is 0.0283. The van der Waals surface area contributed by atoms with Crippen LogP contribution in [-0.4, -0.2) is 93.7 Å². The molecule has 2 aliphatic rings. The summed E-state index contributed by atoms with van der Waals surface area (Å²) in [5, 5.41) is 3.04. The van der Waals surface area contributed by atoms with Gasteiger partial charge in [0.1, 0.15) is 12.4 Å². The van der Waals surface area contributed by atoms with Gasteiger partial charge in [0.25, 0.3) is 0 Å². The van der Waals surface area contributed by atoms with Crippen molar-refractivity contribution in [1.29, 1.82) is 0 Å². The highest BCUT2D eigenvalue weighted by molar-refractivity contribution is 9.11. The molecule has 13 nitrogen and oxygen atoms in total. The monoisotopic (exact) mass is 755 g/mol. The van der Waals surface area contributed by atoms with Crippen molar-refractivity contribution in [2.24, 2.45) is 0 Å². The Labute approximate surface area is 282 Å². The van der Waals surface area contributed by atoms with Crippen molar-refractivity contribution in [3.63, 3.8) is 0 Å². The van der Waals surface area contributed by atoms with Crippen molar-refractivity contribution in [2.75, 3.05) is 57.0 Å². The second-order valence-corrected chi connectivity index (χ2v) is 13.2. The number of urea groups is 1. The molecule has 3 amide bonds. The summed E-state index contributed by atoms with van der Waals surface area (Å²) in [5.74, 6) is 1.10. The highest BCUT2D eigenvalue weighted by atomic mass is 79.9. The van der Waals surface area contributed by atoms with Gasteiger partial charge in [0.05, 0.1) is 30.0 Å². The standard InChI is InChI=1S/C31H35Br2N9O4/c1-46-26-17-35-18-36-28(26)39-10-12-40(13-11-39)29(43)24(16-19-14-21(32)27(34)22(33)15-19)38-30(44)41-8-6-20(7-9-41)42-25-5-3-2-4-23(25)37-31(42)45/h2-5,14-15,17-18,20,24H,6-13,16,34H2,1H3,(H,37,45)(H,38,44)/t24-/m1/s1. The van der Waals surface area contributed by atoms with Crippen LogP contribution in [0, 0.1) is 0 Å². The molecule has 0 aliphatic carbocycles. The number of benzene rings is 2. The number of piperidine rings is 1. The molecule has 6 rings (SSSR count). The van der Waals surface area contributed by atoms with Gasteiger partial charge in [0.15, 0.2) is 11.6 Å². The molecular weight excluding hydrogens is 722 g/mol. The molecule has 242 valence electrons. The lowest BCUT2D eigenvalue weighted by atomic mass is 10.0. The van der Waals surface area contributed by atoms with Crippen LogP contribution in [-0.2, 0) is 11.2 Å². The number of fused-ring (bicyclic) bond motifs is 1. The van der Waals surface area contributed by atoms with Crippen molar-refractivity contribution in [1.82, 2.24) is 34.6 Å². The van der Waals surface area contributed by atoms with Gasteiger partial charge in [0, 0.05) is 60.7 Å². The number of carbonyl (C=O) groups is 2. The van der Waals surface area contributed by atoms with E-state index in [0.717, 1.165) is 16.6 Å². The molecule has 4 N–H and O–H groups in total. The number of hydrogen-bond acceptors (Lipinski definition) is 8. The maximum absolute atomic E-state index is 14.0. The minimum atomic E-state index is -0.802. The number of H-pyrrole nitrogens is 1. The largest absolute Gasteiger partial charge is 0.491 e. The zero-order chi connectivity index (χ0) is 32.4. The van der Waals surface area contributed by atoms with Gasteiger partial charge >= 0.3 is 11.7 Å². The molecule has 0 bridgehead atoms. The summed E-state index contributed by atoms with van der Waals surface area (Å²) < 4.78 is 8.63. The van der Waals surface area contributed by atoms with Crippen molar-refractivity contribution in [2.45, 2.75) is 31.3 Å². The summed E-state index contributed by atoms with van der Waals surface area (Å²) in [4.78, 5) is 57.3. The van der Waals surface area contributed by atoms with Gasteiger partial charge in [-0.25, -0.2) is 19.6 Å². The molecule has 2 aromatic carbocycles. The Kier molecular flexibility index (Phi) is 9.49. The fourth-order valence-corrected chi connectivity index (χ4v) is 7.53. The number of piperazine rings is 1. The Morgan fingerprint density at radius 3 is 2.46 bits per heavy atom. The van der Waals surface area contributed by atoms with E-state index < -0.39 is 6.04 Å². The quantitative estimate of drug-likeness (QED) is 0.242. The lowest BCUT2D eigenvalue weighted by molar-refractivity contribution is -0.133. The number of anilines is 2. The summed E-state index contributed by atoms with van der Waals surface area (Å²) in [6.07, 6.45) is 4.63. The third-order valence-electron chi connectivity index (χ3n) is 8.68. The zero-order valence-corrected chi connectivity index (χ0v) is 28.5. The third kappa shape index (κ3) is 6.56. The van der Waals surface area contributed by atoms with E-state index in [9.17, 15) is 14.4 Å². The molecule has 4 heterocycles. The Balaban J connectivity index is 1.15. The summed E-state index contributed by atoms with van der Waals surface area (Å²) in [5.41, 5.74) is 9.03. The highest BCUT2D eigenvalue weighted by Gasteiger charge is 2.33.